The summed E-state index contributed by atoms with van der Waals surface area (Å²) in [6.45, 7) is 5.77. The molecule has 1 aromatic heterocycles. The molecule has 2 aliphatic rings. The molecular formula is C18H24N6O2. The molecule has 2 saturated heterocycles. The van der Waals surface area contributed by atoms with E-state index in [1.54, 1.807) is 30.2 Å². The smallest absolute Gasteiger partial charge is 0.251 e. The number of hydrogen-bond donors (Lipinski definition) is 1. The number of carbonyl (C=O) groups is 2. The second-order valence-corrected chi connectivity index (χ2v) is 6.75. The summed E-state index contributed by atoms with van der Waals surface area (Å²) in [5.41, 5.74) is 0.568. The van der Waals surface area contributed by atoms with Crippen LogP contribution < -0.4 is 10.2 Å². The van der Waals surface area contributed by atoms with Gasteiger partial charge in [-0.25, -0.2) is 4.98 Å². The number of likely N-dealkylation sites (tertiary alicyclic amines) is 1. The number of nitrogens with one attached hydrogen (secondary N) is 1. The topological polar surface area (TPSA) is 92.6 Å². The van der Waals surface area contributed by atoms with E-state index in [1.807, 2.05) is 4.90 Å². The molecule has 8 heteroatoms. The largest absolute Gasteiger partial charge is 0.355 e. The molecule has 3 heterocycles. The zero-order valence-electron chi connectivity index (χ0n) is 15.0. The molecule has 26 heavy (non-hydrogen) atoms. The fraction of sp³-hybridized carbons (Fsp3) is 0.556. The Morgan fingerprint density at radius 1 is 1.27 bits per heavy atom. The molecule has 138 valence electrons. The summed E-state index contributed by atoms with van der Waals surface area (Å²) >= 11 is 0. The number of carbonyl (C=O) groups excluding carboxylic acids is 2. The van der Waals surface area contributed by atoms with Crippen LogP contribution in [0.3, 0.4) is 0 Å². The summed E-state index contributed by atoms with van der Waals surface area (Å²) in [6.07, 6.45) is 5.42. The van der Waals surface area contributed by atoms with Gasteiger partial charge in [0.25, 0.3) is 5.91 Å². The number of amides is 2. The number of nitriles is 1. The third-order valence-corrected chi connectivity index (χ3v) is 4.94. The minimum absolute atomic E-state index is 0.000997. The van der Waals surface area contributed by atoms with Crippen LogP contribution in [-0.2, 0) is 4.79 Å². The van der Waals surface area contributed by atoms with Crippen molar-refractivity contribution in [1.29, 1.82) is 5.26 Å². The SMILES string of the molecule is CC(=O)N1CCCN(c2cc(C(=O)N[C@@H]3CCN(C#N)C3)ccn2)CC1. The molecule has 1 N–H and O–H groups in total. The highest BCUT2D eigenvalue weighted by molar-refractivity contribution is 5.95. The summed E-state index contributed by atoms with van der Waals surface area (Å²) in [5.74, 6) is 0.711. The fourth-order valence-corrected chi connectivity index (χ4v) is 3.43. The van der Waals surface area contributed by atoms with Gasteiger partial charge in [0.15, 0.2) is 6.19 Å². The molecule has 0 radical (unpaired) electrons. The predicted molar refractivity (Wildman–Crippen MR) is 96.4 cm³/mol. The minimum atomic E-state index is -0.140. The summed E-state index contributed by atoms with van der Waals surface area (Å²) in [5, 5.41) is 11.9. The standard InChI is InChI=1S/C18H24N6O2/c1-14(25)23-6-2-7-24(10-9-23)17-11-15(3-5-20-17)18(26)21-16-4-8-22(12-16)13-19/h3,5,11,16H,2,4,6-10,12H2,1H3,(H,21,26)/t16-/m1/s1. The Bertz CT molecular complexity index is 716. The van der Waals surface area contributed by atoms with Crippen molar-refractivity contribution in [2.45, 2.75) is 25.8 Å². The van der Waals surface area contributed by atoms with Crippen LogP contribution in [0.5, 0.6) is 0 Å². The van der Waals surface area contributed by atoms with Gasteiger partial charge >= 0.3 is 0 Å². The molecule has 3 rings (SSSR count). The maximum atomic E-state index is 12.5. The molecule has 0 aliphatic carbocycles. The summed E-state index contributed by atoms with van der Waals surface area (Å²) < 4.78 is 0. The van der Waals surface area contributed by atoms with Crippen molar-refractivity contribution in [3.05, 3.63) is 23.9 Å². The van der Waals surface area contributed by atoms with Crippen LogP contribution in [-0.4, -0.2) is 71.9 Å². The Balaban J connectivity index is 1.63. The van der Waals surface area contributed by atoms with E-state index in [9.17, 15) is 9.59 Å². The van der Waals surface area contributed by atoms with Gasteiger partial charge in [-0.15, -0.1) is 0 Å². The zero-order valence-corrected chi connectivity index (χ0v) is 15.0. The highest BCUT2D eigenvalue weighted by Crippen LogP contribution is 2.16. The number of rotatable bonds is 3. The molecule has 1 atom stereocenters. The van der Waals surface area contributed by atoms with E-state index in [0.29, 0.717) is 31.7 Å². The Morgan fingerprint density at radius 3 is 2.85 bits per heavy atom. The van der Waals surface area contributed by atoms with Crippen molar-refractivity contribution in [3.8, 4) is 6.19 Å². The van der Waals surface area contributed by atoms with Crippen molar-refractivity contribution < 1.29 is 9.59 Å². The maximum Gasteiger partial charge on any atom is 0.251 e. The van der Waals surface area contributed by atoms with E-state index in [-0.39, 0.29) is 17.9 Å². The quantitative estimate of drug-likeness (QED) is 0.790. The van der Waals surface area contributed by atoms with Crippen molar-refractivity contribution in [3.63, 3.8) is 0 Å². The Hall–Kier alpha value is -2.82. The first-order chi connectivity index (χ1) is 12.6. The number of nitrogens with zero attached hydrogens (tertiary/aromatic N) is 5. The van der Waals surface area contributed by atoms with Crippen molar-refractivity contribution in [2.24, 2.45) is 0 Å². The van der Waals surface area contributed by atoms with Gasteiger partial charge in [-0.3, -0.25) is 9.59 Å². The van der Waals surface area contributed by atoms with Gasteiger partial charge in [-0.05, 0) is 25.0 Å². The van der Waals surface area contributed by atoms with Crippen LogP contribution in [0.25, 0.3) is 0 Å². The first-order valence-corrected chi connectivity index (χ1v) is 8.99. The summed E-state index contributed by atoms with van der Waals surface area (Å²) in [4.78, 5) is 34.1. The van der Waals surface area contributed by atoms with E-state index in [1.165, 1.54) is 0 Å². The van der Waals surface area contributed by atoms with E-state index in [0.717, 1.165) is 31.7 Å². The molecule has 0 unspecified atom stereocenters. The monoisotopic (exact) mass is 356 g/mol. The van der Waals surface area contributed by atoms with Crippen molar-refractivity contribution in [2.75, 3.05) is 44.2 Å². The van der Waals surface area contributed by atoms with Crippen molar-refractivity contribution >= 4 is 17.6 Å². The molecule has 0 spiro atoms. The Morgan fingerprint density at radius 2 is 2.12 bits per heavy atom. The molecule has 2 fully saturated rings. The Labute approximate surface area is 153 Å². The average Bonchev–Trinajstić information content (AvgIpc) is 2.95. The van der Waals surface area contributed by atoms with Crippen LogP contribution in [0, 0.1) is 11.5 Å². The molecule has 2 amide bonds. The van der Waals surface area contributed by atoms with Gasteiger partial charge in [0.1, 0.15) is 5.82 Å². The van der Waals surface area contributed by atoms with E-state index >= 15 is 0 Å². The lowest BCUT2D eigenvalue weighted by Crippen LogP contribution is -2.36. The van der Waals surface area contributed by atoms with Crippen molar-refractivity contribution in [1.82, 2.24) is 20.1 Å². The third kappa shape index (κ3) is 4.23. The number of aromatic nitrogens is 1. The lowest BCUT2D eigenvalue weighted by Gasteiger charge is -2.22. The van der Waals surface area contributed by atoms with Gasteiger partial charge in [-0.1, -0.05) is 0 Å². The number of anilines is 1. The number of pyridine rings is 1. The first kappa shape index (κ1) is 18.0. The second kappa shape index (κ2) is 8.04. The summed E-state index contributed by atoms with van der Waals surface area (Å²) in [6, 6.07) is 3.51. The molecule has 8 nitrogen and oxygen atoms in total. The molecule has 0 bridgehead atoms. The van der Waals surface area contributed by atoms with Crippen LogP contribution in [0.2, 0.25) is 0 Å². The highest BCUT2D eigenvalue weighted by atomic mass is 16.2. The molecule has 0 aromatic carbocycles. The molecule has 2 aliphatic heterocycles. The normalized spacial score (nSPS) is 20.5. The van der Waals surface area contributed by atoms with Crippen LogP contribution in [0.15, 0.2) is 18.3 Å². The lowest BCUT2D eigenvalue weighted by molar-refractivity contribution is -0.128. The summed E-state index contributed by atoms with van der Waals surface area (Å²) in [7, 11) is 0. The van der Waals surface area contributed by atoms with Crippen LogP contribution >= 0.6 is 0 Å². The average molecular weight is 356 g/mol. The molecular weight excluding hydrogens is 332 g/mol. The lowest BCUT2D eigenvalue weighted by atomic mass is 10.2. The second-order valence-electron chi connectivity index (χ2n) is 6.75. The molecule has 0 saturated carbocycles. The number of hydrogen-bond acceptors (Lipinski definition) is 6. The van der Waals surface area contributed by atoms with Crippen LogP contribution in [0.1, 0.15) is 30.1 Å². The first-order valence-electron chi connectivity index (χ1n) is 8.99. The molecule has 1 aromatic rings. The van der Waals surface area contributed by atoms with Gasteiger partial charge < -0.3 is 20.0 Å². The zero-order chi connectivity index (χ0) is 18.5. The van der Waals surface area contributed by atoms with Crippen LogP contribution in [0.4, 0.5) is 5.82 Å². The maximum absolute atomic E-state index is 12.5. The van der Waals surface area contributed by atoms with Gasteiger partial charge in [-0.2, -0.15) is 5.26 Å². The van der Waals surface area contributed by atoms with E-state index in [2.05, 4.69) is 21.4 Å². The third-order valence-electron chi connectivity index (χ3n) is 4.94. The van der Waals surface area contributed by atoms with E-state index in [4.69, 9.17) is 5.26 Å². The van der Waals surface area contributed by atoms with Gasteiger partial charge in [0.05, 0.1) is 0 Å². The predicted octanol–water partition coefficient (Wildman–Crippen LogP) is 0.425. The highest BCUT2D eigenvalue weighted by Gasteiger charge is 2.24. The van der Waals surface area contributed by atoms with Gasteiger partial charge in [0, 0.05) is 64.0 Å². The van der Waals surface area contributed by atoms with E-state index < -0.39 is 0 Å². The Kier molecular flexibility index (Phi) is 5.56. The fourth-order valence-electron chi connectivity index (χ4n) is 3.43. The minimum Gasteiger partial charge on any atom is -0.355 e. The van der Waals surface area contributed by atoms with Gasteiger partial charge in [0.2, 0.25) is 5.91 Å².